The standard InChI is InChI=1S/C10H5F5N2O2/c11-9(12)6-3-17-8(10(13,14)15)4(1-7(18)19)5(6)2-16/h3,9H,1H2,(H,18,19). The molecule has 0 spiro atoms. The van der Waals surface area contributed by atoms with Crippen LogP contribution in [-0.2, 0) is 17.4 Å². The summed E-state index contributed by atoms with van der Waals surface area (Å²) in [6, 6.07) is 1.18. The van der Waals surface area contributed by atoms with Crippen molar-refractivity contribution in [3.8, 4) is 6.07 Å². The van der Waals surface area contributed by atoms with E-state index in [1.54, 1.807) is 0 Å². The maximum Gasteiger partial charge on any atom is 0.433 e. The fourth-order valence-corrected chi connectivity index (χ4v) is 1.43. The quantitative estimate of drug-likeness (QED) is 0.863. The lowest BCUT2D eigenvalue weighted by Crippen LogP contribution is -2.17. The van der Waals surface area contributed by atoms with Crippen LogP contribution in [0.2, 0.25) is 0 Å². The second kappa shape index (κ2) is 5.17. The van der Waals surface area contributed by atoms with E-state index in [1.807, 2.05) is 0 Å². The maximum absolute atomic E-state index is 12.6. The van der Waals surface area contributed by atoms with E-state index in [0.717, 1.165) is 0 Å². The highest BCUT2D eigenvalue weighted by molar-refractivity contribution is 5.72. The molecule has 0 unspecified atom stereocenters. The smallest absolute Gasteiger partial charge is 0.433 e. The fraction of sp³-hybridized carbons (Fsp3) is 0.300. The van der Waals surface area contributed by atoms with E-state index in [4.69, 9.17) is 10.4 Å². The molecule has 1 N–H and O–H groups in total. The van der Waals surface area contributed by atoms with Gasteiger partial charge in [-0.25, -0.2) is 8.78 Å². The molecule has 0 fully saturated rings. The number of aromatic nitrogens is 1. The Bertz CT molecular complexity index is 548. The van der Waals surface area contributed by atoms with Crippen LogP contribution in [0, 0.1) is 11.3 Å². The zero-order valence-electron chi connectivity index (χ0n) is 9.00. The molecule has 0 saturated heterocycles. The molecule has 0 aliphatic heterocycles. The van der Waals surface area contributed by atoms with Crippen molar-refractivity contribution in [3.63, 3.8) is 0 Å². The highest BCUT2D eigenvalue weighted by atomic mass is 19.4. The number of rotatable bonds is 3. The average Bonchev–Trinajstić information content (AvgIpc) is 2.25. The number of pyridine rings is 1. The van der Waals surface area contributed by atoms with Crippen LogP contribution >= 0.6 is 0 Å². The summed E-state index contributed by atoms with van der Waals surface area (Å²) >= 11 is 0. The van der Waals surface area contributed by atoms with Gasteiger partial charge in [0.1, 0.15) is 11.8 Å². The fourth-order valence-electron chi connectivity index (χ4n) is 1.43. The summed E-state index contributed by atoms with van der Waals surface area (Å²) in [6.45, 7) is 0. The average molecular weight is 280 g/mol. The van der Waals surface area contributed by atoms with Gasteiger partial charge in [-0.2, -0.15) is 18.4 Å². The molecule has 0 amide bonds. The Morgan fingerprint density at radius 3 is 2.42 bits per heavy atom. The molecule has 0 aliphatic carbocycles. The second-order valence-electron chi connectivity index (χ2n) is 3.40. The highest BCUT2D eigenvalue weighted by Gasteiger charge is 2.38. The monoisotopic (exact) mass is 280 g/mol. The SMILES string of the molecule is N#Cc1c(C(F)F)cnc(C(F)(F)F)c1CC(=O)O. The number of hydrogen-bond acceptors (Lipinski definition) is 3. The molecule has 1 aromatic heterocycles. The van der Waals surface area contributed by atoms with Crippen LogP contribution < -0.4 is 0 Å². The van der Waals surface area contributed by atoms with Crippen molar-refractivity contribution < 1.29 is 31.9 Å². The first-order valence-corrected chi connectivity index (χ1v) is 4.67. The van der Waals surface area contributed by atoms with E-state index < -0.39 is 47.4 Å². The van der Waals surface area contributed by atoms with Crippen molar-refractivity contribution in [2.75, 3.05) is 0 Å². The summed E-state index contributed by atoms with van der Waals surface area (Å²) in [5, 5.41) is 17.2. The number of aliphatic carboxylic acids is 1. The van der Waals surface area contributed by atoms with E-state index >= 15 is 0 Å². The van der Waals surface area contributed by atoms with E-state index in [2.05, 4.69) is 4.98 Å². The Hall–Kier alpha value is -2.24. The van der Waals surface area contributed by atoms with Gasteiger partial charge in [0.15, 0.2) is 0 Å². The lowest BCUT2D eigenvalue weighted by Gasteiger charge is -2.14. The minimum Gasteiger partial charge on any atom is -0.481 e. The van der Waals surface area contributed by atoms with Crippen LogP contribution in [0.5, 0.6) is 0 Å². The number of halogens is 5. The zero-order chi connectivity index (χ0) is 14.8. The molecule has 0 atom stereocenters. The number of carboxylic acids is 1. The first kappa shape index (κ1) is 14.8. The molecule has 0 aliphatic rings. The molecule has 0 bridgehead atoms. The molecule has 0 aromatic carbocycles. The van der Waals surface area contributed by atoms with Crippen LogP contribution in [0.15, 0.2) is 6.20 Å². The summed E-state index contributed by atoms with van der Waals surface area (Å²) in [6.07, 6.45) is -9.24. The molecular formula is C10H5F5N2O2. The Morgan fingerprint density at radius 1 is 1.47 bits per heavy atom. The Labute approximate surface area is 103 Å². The third kappa shape index (κ3) is 3.15. The predicted molar refractivity (Wildman–Crippen MR) is 50.3 cm³/mol. The molecule has 0 radical (unpaired) electrons. The van der Waals surface area contributed by atoms with Crippen molar-refractivity contribution in [1.82, 2.24) is 4.98 Å². The lowest BCUT2D eigenvalue weighted by atomic mass is 9.99. The molecule has 19 heavy (non-hydrogen) atoms. The van der Waals surface area contributed by atoms with Crippen molar-refractivity contribution in [2.24, 2.45) is 0 Å². The Balaban J connectivity index is 3.61. The first-order chi connectivity index (χ1) is 8.68. The normalized spacial score (nSPS) is 11.4. The molecular weight excluding hydrogens is 275 g/mol. The van der Waals surface area contributed by atoms with Crippen molar-refractivity contribution in [2.45, 2.75) is 19.0 Å². The first-order valence-electron chi connectivity index (χ1n) is 4.67. The van der Waals surface area contributed by atoms with Gasteiger partial charge >= 0.3 is 12.1 Å². The molecule has 4 nitrogen and oxygen atoms in total. The van der Waals surface area contributed by atoms with Gasteiger partial charge in [-0.15, -0.1) is 0 Å². The van der Waals surface area contributed by atoms with Crippen LogP contribution in [0.25, 0.3) is 0 Å². The van der Waals surface area contributed by atoms with Gasteiger partial charge in [0.05, 0.1) is 17.5 Å². The van der Waals surface area contributed by atoms with Gasteiger partial charge in [0.2, 0.25) is 0 Å². The van der Waals surface area contributed by atoms with E-state index in [-0.39, 0.29) is 6.20 Å². The molecule has 1 aromatic rings. The van der Waals surface area contributed by atoms with Crippen molar-refractivity contribution in [3.05, 3.63) is 28.6 Å². The Kier molecular flexibility index (Phi) is 4.04. The van der Waals surface area contributed by atoms with Gasteiger partial charge in [0.25, 0.3) is 6.43 Å². The number of carboxylic acid groups (broad SMARTS) is 1. The number of nitriles is 1. The molecule has 0 saturated carbocycles. The van der Waals surface area contributed by atoms with Crippen molar-refractivity contribution >= 4 is 5.97 Å². The highest BCUT2D eigenvalue weighted by Crippen LogP contribution is 2.35. The number of carbonyl (C=O) groups is 1. The molecule has 1 heterocycles. The number of hydrogen-bond donors (Lipinski definition) is 1. The lowest BCUT2D eigenvalue weighted by molar-refractivity contribution is -0.142. The van der Waals surface area contributed by atoms with E-state index in [9.17, 15) is 26.7 Å². The minimum absolute atomic E-state index is 0.234. The Morgan fingerprint density at radius 2 is 2.05 bits per heavy atom. The summed E-state index contributed by atoms with van der Waals surface area (Å²) < 4.78 is 62.9. The van der Waals surface area contributed by atoms with Crippen molar-refractivity contribution in [1.29, 1.82) is 5.26 Å². The van der Waals surface area contributed by atoms with Crippen LogP contribution in [-0.4, -0.2) is 16.1 Å². The maximum atomic E-state index is 12.6. The van der Waals surface area contributed by atoms with E-state index in [1.165, 1.54) is 6.07 Å². The van der Waals surface area contributed by atoms with Gasteiger partial charge < -0.3 is 5.11 Å². The summed E-state index contributed by atoms with van der Waals surface area (Å²) in [5.74, 6) is -1.68. The van der Waals surface area contributed by atoms with Gasteiger partial charge in [0, 0.05) is 11.8 Å². The van der Waals surface area contributed by atoms with Gasteiger partial charge in [-0.3, -0.25) is 9.78 Å². The largest absolute Gasteiger partial charge is 0.481 e. The molecule has 102 valence electrons. The third-order valence-corrected chi connectivity index (χ3v) is 2.15. The third-order valence-electron chi connectivity index (χ3n) is 2.15. The van der Waals surface area contributed by atoms with Crippen LogP contribution in [0.4, 0.5) is 22.0 Å². The number of alkyl halides is 5. The predicted octanol–water partition coefficient (Wildman–Crippen LogP) is 2.54. The van der Waals surface area contributed by atoms with Gasteiger partial charge in [-0.1, -0.05) is 0 Å². The van der Waals surface area contributed by atoms with E-state index in [0.29, 0.717) is 0 Å². The van der Waals surface area contributed by atoms with Gasteiger partial charge in [-0.05, 0) is 0 Å². The molecule has 9 heteroatoms. The summed E-state index contributed by atoms with van der Waals surface area (Å²) in [7, 11) is 0. The van der Waals surface area contributed by atoms with Crippen LogP contribution in [0.3, 0.4) is 0 Å². The summed E-state index contributed by atoms with van der Waals surface area (Å²) in [4.78, 5) is 13.3. The zero-order valence-corrected chi connectivity index (χ0v) is 9.00. The minimum atomic E-state index is -5.03. The summed E-state index contributed by atoms with van der Waals surface area (Å²) in [5.41, 5.74) is -4.72. The number of nitrogens with zero attached hydrogens (tertiary/aromatic N) is 2. The molecule has 1 rings (SSSR count). The second-order valence-corrected chi connectivity index (χ2v) is 3.40. The topological polar surface area (TPSA) is 74.0 Å². The van der Waals surface area contributed by atoms with Crippen LogP contribution in [0.1, 0.15) is 28.8 Å².